The van der Waals surface area contributed by atoms with Crippen LogP contribution in [-0.2, 0) is 12.8 Å². The van der Waals surface area contributed by atoms with E-state index < -0.39 is 6.10 Å². The molecule has 1 unspecified atom stereocenters. The van der Waals surface area contributed by atoms with Crippen molar-refractivity contribution in [3.05, 3.63) is 34.9 Å². The van der Waals surface area contributed by atoms with Gasteiger partial charge in [-0.15, -0.1) is 0 Å². The van der Waals surface area contributed by atoms with Crippen LogP contribution in [0.3, 0.4) is 0 Å². The van der Waals surface area contributed by atoms with Crippen LogP contribution in [0.1, 0.15) is 29.2 Å². The molecule has 1 aliphatic rings. The fraction of sp³-hybridized carbons (Fsp3) is 0.455. The second kappa shape index (κ2) is 3.48. The van der Waals surface area contributed by atoms with Gasteiger partial charge in [-0.25, -0.2) is 0 Å². The van der Waals surface area contributed by atoms with Gasteiger partial charge in [0.05, 0.1) is 6.10 Å². The minimum Gasteiger partial charge on any atom is -0.387 e. The van der Waals surface area contributed by atoms with Crippen LogP contribution in [0.4, 0.5) is 0 Å². The SMILES string of the molecule is NCC(O)c1ccc2c(c1)CCC2. The van der Waals surface area contributed by atoms with Gasteiger partial charge in [-0.05, 0) is 36.0 Å². The summed E-state index contributed by atoms with van der Waals surface area (Å²) in [6.07, 6.45) is 3.10. The Kier molecular flexibility index (Phi) is 2.34. The molecule has 1 aromatic rings. The zero-order chi connectivity index (χ0) is 9.26. The van der Waals surface area contributed by atoms with Crippen LogP contribution in [-0.4, -0.2) is 11.7 Å². The molecule has 0 spiro atoms. The predicted molar refractivity (Wildman–Crippen MR) is 52.5 cm³/mol. The number of benzene rings is 1. The molecule has 0 saturated heterocycles. The summed E-state index contributed by atoms with van der Waals surface area (Å²) in [5.41, 5.74) is 9.19. The molecule has 1 aromatic carbocycles. The molecule has 1 atom stereocenters. The maximum atomic E-state index is 9.54. The van der Waals surface area contributed by atoms with Crippen molar-refractivity contribution in [2.24, 2.45) is 5.73 Å². The minimum atomic E-state index is -0.495. The number of aliphatic hydroxyl groups is 1. The van der Waals surface area contributed by atoms with Crippen LogP contribution < -0.4 is 5.73 Å². The average molecular weight is 177 g/mol. The van der Waals surface area contributed by atoms with Gasteiger partial charge in [0, 0.05) is 6.54 Å². The van der Waals surface area contributed by atoms with E-state index in [1.54, 1.807) is 0 Å². The Morgan fingerprint density at radius 3 is 2.85 bits per heavy atom. The standard InChI is InChI=1S/C11H15NO/c12-7-11(13)10-5-4-8-2-1-3-9(8)6-10/h4-6,11,13H,1-3,7,12H2. The number of hydrogen-bond acceptors (Lipinski definition) is 2. The van der Waals surface area contributed by atoms with Crippen molar-refractivity contribution < 1.29 is 5.11 Å². The Bertz CT molecular complexity index is 309. The summed E-state index contributed by atoms with van der Waals surface area (Å²) in [7, 11) is 0. The van der Waals surface area contributed by atoms with Crippen molar-refractivity contribution in [2.45, 2.75) is 25.4 Å². The molecule has 0 bridgehead atoms. The van der Waals surface area contributed by atoms with Gasteiger partial charge >= 0.3 is 0 Å². The van der Waals surface area contributed by atoms with Gasteiger partial charge in [-0.1, -0.05) is 18.2 Å². The summed E-state index contributed by atoms with van der Waals surface area (Å²) in [6.45, 7) is 0.304. The van der Waals surface area contributed by atoms with Crippen molar-refractivity contribution in [3.8, 4) is 0 Å². The van der Waals surface area contributed by atoms with Crippen molar-refractivity contribution in [1.29, 1.82) is 0 Å². The molecular weight excluding hydrogens is 162 g/mol. The van der Waals surface area contributed by atoms with Crippen LogP contribution in [0.2, 0.25) is 0 Å². The smallest absolute Gasteiger partial charge is 0.0912 e. The molecule has 0 saturated carbocycles. The van der Waals surface area contributed by atoms with Gasteiger partial charge in [0.1, 0.15) is 0 Å². The topological polar surface area (TPSA) is 46.2 Å². The molecule has 0 aliphatic heterocycles. The van der Waals surface area contributed by atoms with E-state index in [4.69, 9.17) is 5.73 Å². The Labute approximate surface area is 78.4 Å². The van der Waals surface area contributed by atoms with E-state index in [0.29, 0.717) is 6.54 Å². The van der Waals surface area contributed by atoms with E-state index in [0.717, 1.165) is 12.0 Å². The van der Waals surface area contributed by atoms with Crippen molar-refractivity contribution in [3.63, 3.8) is 0 Å². The monoisotopic (exact) mass is 177 g/mol. The first kappa shape index (κ1) is 8.73. The van der Waals surface area contributed by atoms with Crippen LogP contribution >= 0.6 is 0 Å². The molecule has 2 nitrogen and oxygen atoms in total. The Hall–Kier alpha value is -0.860. The van der Waals surface area contributed by atoms with E-state index in [-0.39, 0.29) is 0 Å². The van der Waals surface area contributed by atoms with Gasteiger partial charge in [-0.3, -0.25) is 0 Å². The van der Waals surface area contributed by atoms with E-state index in [1.165, 1.54) is 24.0 Å². The number of nitrogens with two attached hydrogens (primary N) is 1. The highest BCUT2D eigenvalue weighted by Gasteiger charge is 2.13. The highest BCUT2D eigenvalue weighted by Crippen LogP contribution is 2.24. The lowest BCUT2D eigenvalue weighted by Gasteiger charge is -2.09. The maximum Gasteiger partial charge on any atom is 0.0912 e. The van der Waals surface area contributed by atoms with E-state index in [1.807, 2.05) is 6.07 Å². The second-order valence-corrected chi connectivity index (χ2v) is 3.63. The highest BCUT2D eigenvalue weighted by molar-refractivity contribution is 5.36. The number of aliphatic hydroxyl groups excluding tert-OH is 1. The molecule has 1 aliphatic carbocycles. The third-order valence-corrected chi connectivity index (χ3v) is 2.73. The number of aryl methyl sites for hydroxylation is 2. The van der Waals surface area contributed by atoms with Crippen LogP contribution in [0, 0.1) is 0 Å². The summed E-state index contributed by atoms with van der Waals surface area (Å²) < 4.78 is 0. The summed E-state index contributed by atoms with van der Waals surface area (Å²) in [5.74, 6) is 0. The van der Waals surface area contributed by atoms with E-state index in [2.05, 4.69) is 12.1 Å². The lowest BCUT2D eigenvalue weighted by molar-refractivity contribution is 0.186. The van der Waals surface area contributed by atoms with Crippen LogP contribution in [0.25, 0.3) is 0 Å². The predicted octanol–water partition coefficient (Wildman–Crippen LogP) is 1.17. The second-order valence-electron chi connectivity index (χ2n) is 3.63. The summed E-state index contributed by atoms with van der Waals surface area (Å²) in [4.78, 5) is 0. The summed E-state index contributed by atoms with van der Waals surface area (Å²) in [6, 6.07) is 6.21. The Morgan fingerprint density at radius 2 is 2.08 bits per heavy atom. The number of hydrogen-bond donors (Lipinski definition) is 2. The van der Waals surface area contributed by atoms with Gasteiger partial charge < -0.3 is 10.8 Å². The molecule has 3 N–H and O–H groups in total. The summed E-state index contributed by atoms with van der Waals surface area (Å²) in [5, 5.41) is 9.54. The van der Waals surface area contributed by atoms with Gasteiger partial charge in [0.2, 0.25) is 0 Å². The Balaban J connectivity index is 2.30. The highest BCUT2D eigenvalue weighted by atomic mass is 16.3. The van der Waals surface area contributed by atoms with Gasteiger partial charge in [0.15, 0.2) is 0 Å². The first-order chi connectivity index (χ1) is 6.31. The first-order valence-corrected chi connectivity index (χ1v) is 4.81. The molecule has 0 aromatic heterocycles. The van der Waals surface area contributed by atoms with Crippen LogP contribution in [0.15, 0.2) is 18.2 Å². The fourth-order valence-corrected chi connectivity index (χ4v) is 1.94. The molecule has 0 fully saturated rings. The quantitative estimate of drug-likeness (QED) is 0.712. The van der Waals surface area contributed by atoms with Crippen molar-refractivity contribution >= 4 is 0 Å². The molecular formula is C11H15NO. The molecule has 0 amide bonds. The maximum absolute atomic E-state index is 9.54. The number of fused-ring (bicyclic) bond motifs is 1. The van der Waals surface area contributed by atoms with E-state index >= 15 is 0 Å². The van der Waals surface area contributed by atoms with Crippen molar-refractivity contribution in [1.82, 2.24) is 0 Å². The molecule has 0 radical (unpaired) electrons. The first-order valence-electron chi connectivity index (χ1n) is 4.81. The van der Waals surface area contributed by atoms with Crippen LogP contribution in [0.5, 0.6) is 0 Å². The zero-order valence-electron chi connectivity index (χ0n) is 7.66. The number of rotatable bonds is 2. The molecule has 2 heteroatoms. The molecule has 70 valence electrons. The molecule has 2 rings (SSSR count). The van der Waals surface area contributed by atoms with Crippen molar-refractivity contribution in [2.75, 3.05) is 6.54 Å². The minimum absolute atomic E-state index is 0.304. The molecule has 0 heterocycles. The Morgan fingerprint density at radius 1 is 1.31 bits per heavy atom. The average Bonchev–Trinajstić information content (AvgIpc) is 2.63. The zero-order valence-corrected chi connectivity index (χ0v) is 7.66. The fourth-order valence-electron chi connectivity index (χ4n) is 1.94. The lowest BCUT2D eigenvalue weighted by atomic mass is 10.0. The third kappa shape index (κ3) is 1.60. The molecule has 13 heavy (non-hydrogen) atoms. The lowest BCUT2D eigenvalue weighted by Crippen LogP contribution is -2.11. The normalized spacial score (nSPS) is 17.1. The third-order valence-electron chi connectivity index (χ3n) is 2.73. The summed E-state index contributed by atoms with van der Waals surface area (Å²) >= 11 is 0. The largest absolute Gasteiger partial charge is 0.387 e. The van der Waals surface area contributed by atoms with Gasteiger partial charge in [-0.2, -0.15) is 0 Å². The van der Waals surface area contributed by atoms with E-state index in [9.17, 15) is 5.11 Å². The van der Waals surface area contributed by atoms with Gasteiger partial charge in [0.25, 0.3) is 0 Å².